The van der Waals surface area contributed by atoms with Gasteiger partial charge in [-0.05, 0) is 47.2 Å². The number of carboxylic acids is 1. The van der Waals surface area contributed by atoms with Crippen LogP contribution in [0.2, 0.25) is 0 Å². The molecule has 1 saturated carbocycles. The number of nitrogens with zero attached hydrogens (tertiary/aromatic N) is 1. The number of ether oxygens (including phenoxy) is 1. The Hall–Kier alpha value is -4.07. The van der Waals surface area contributed by atoms with E-state index in [4.69, 9.17) is 14.3 Å². The van der Waals surface area contributed by atoms with Gasteiger partial charge in [-0.15, -0.1) is 0 Å². The first kappa shape index (κ1) is 22.7. The zero-order valence-corrected chi connectivity index (χ0v) is 19.3. The number of fused-ring (bicyclic) bond motifs is 3. The van der Waals surface area contributed by atoms with Crippen molar-refractivity contribution in [3.63, 3.8) is 0 Å². The van der Waals surface area contributed by atoms with E-state index in [1.165, 1.54) is 17.0 Å². The van der Waals surface area contributed by atoms with Gasteiger partial charge in [-0.3, -0.25) is 4.79 Å². The lowest BCUT2D eigenvalue weighted by Gasteiger charge is -2.22. The predicted octanol–water partition coefficient (Wildman–Crippen LogP) is 4.40. The molecule has 2 aliphatic carbocycles. The van der Waals surface area contributed by atoms with Gasteiger partial charge in [0.1, 0.15) is 12.4 Å². The fraction of sp³-hybridized carbons (Fsp3) is 0.296. The molecule has 1 aromatic heterocycles. The number of amides is 2. The highest BCUT2D eigenvalue weighted by Crippen LogP contribution is 2.44. The first-order chi connectivity index (χ1) is 16.8. The Morgan fingerprint density at radius 3 is 2.23 bits per heavy atom. The molecule has 0 radical (unpaired) electrons. The van der Waals surface area contributed by atoms with E-state index < -0.39 is 17.6 Å². The van der Waals surface area contributed by atoms with Crippen molar-refractivity contribution in [2.45, 2.75) is 37.3 Å². The van der Waals surface area contributed by atoms with Crippen molar-refractivity contribution < 1.29 is 28.6 Å². The number of hydrogen-bond donors (Lipinski definition) is 2. The molecule has 2 aliphatic rings. The van der Waals surface area contributed by atoms with Crippen molar-refractivity contribution in [1.82, 2.24) is 10.2 Å². The predicted molar refractivity (Wildman–Crippen MR) is 127 cm³/mol. The fourth-order valence-electron chi connectivity index (χ4n) is 4.67. The van der Waals surface area contributed by atoms with E-state index in [1.54, 1.807) is 7.05 Å². The molecule has 0 spiro atoms. The summed E-state index contributed by atoms with van der Waals surface area (Å²) in [6.45, 7) is 0.362. The molecule has 8 heteroatoms. The minimum Gasteiger partial charge on any atom is -0.475 e. The Morgan fingerprint density at radius 2 is 1.66 bits per heavy atom. The van der Waals surface area contributed by atoms with Gasteiger partial charge in [-0.2, -0.15) is 0 Å². The quantitative estimate of drug-likeness (QED) is 0.501. The average Bonchev–Trinajstić information content (AvgIpc) is 3.28. The van der Waals surface area contributed by atoms with Crippen LogP contribution in [0.25, 0.3) is 11.1 Å². The van der Waals surface area contributed by atoms with Gasteiger partial charge in [0.15, 0.2) is 0 Å². The number of carboxylic acid groups (broad SMARTS) is 1. The van der Waals surface area contributed by atoms with Gasteiger partial charge in [0, 0.05) is 13.0 Å². The van der Waals surface area contributed by atoms with Crippen molar-refractivity contribution in [2.24, 2.45) is 0 Å². The SMILES string of the molecule is CN(Cc1ccc(C(=O)O)o1)C(=O)CC1(NC(=O)OCC2c3ccccc3-c3ccccc32)CC1. The molecule has 35 heavy (non-hydrogen) atoms. The molecular weight excluding hydrogens is 448 g/mol. The first-order valence-corrected chi connectivity index (χ1v) is 11.5. The molecule has 2 aromatic carbocycles. The number of aromatic carboxylic acids is 1. The fourth-order valence-corrected chi connectivity index (χ4v) is 4.67. The van der Waals surface area contributed by atoms with Crippen LogP contribution in [0.3, 0.4) is 0 Å². The summed E-state index contributed by atoms with van der Waals surface area (Å²) in [4.78, 5) is 37.8. The molecule has 2 amide bonds. The lowest BCUT2D eigenvalue weighted by atomic mass is 9.98. The van der Waals surface area contributed by atoms with Gasteiger partial charge in [-0.25, -0.2) is 9.59 Å². The van der Waals surface area contributed by atoms with Gasteiger partial charge in [0.2, 0.25) is 11.7 Å². The Bertz CT molecular complexity index is 1250. The summed E-state index contributed by atoms with van der Waals surface area (Å²) in [7, 11) is 1.62. The van der Waals surface area contributed by atoms with E-state index in [9.17, 15) is 14.4 Å². The largest absolute Gasteiger partial charge is 0.475 e. The number of furan rings is 1. The van der Waals surface area contributed by atoms with Crippen LogP contribution in [0, 0.1) is 0 Å². The van der Waals surface area contributed by atoms with Crippen LogP contribution in [0.1, 0.15) is 52.6 Å². The zero-order valence-electron chi connectivity index (χ0n) is 19.3. The topological polar surface area (TPSA) is 109 Å². The molecule has 1 heterocycles. The van der Waals surface area contributed by atoms with Crippen molar-refractivity contribution in [1.29, 1.82) is 0 Å². The lowest BCUT2D eigenvalue weighted by molar-refractivity contribution is -0.131. The summed E-state index contributed by atoms with van der Waals surface area (Å²) >= 11 is 0. The second-order valence-corrected chi connectivity index (χ2v) is 9.23. The number of alkyl carbamates (subject to hydrolysis) is 1. The Labute approximate surface area is 202 Å². The first-order valence-electron chi connectivity index (χ1n) is 11.5. The smallest absolute Gasteiger partial charge is 0.407 e. The van der Waals surface area contributed by atoms with Crippen LogP contribution in [0.5, 0.6) is 0 Å². The van der Waals surface area contributed by atoms with E-state index in [2.05, 4.69) is 29.6 Å². The highest BCUT2D eigenvalue weighted by atomic mass is 16.5. The zero-order chi connectivity index (χ0) is 24.6. The second-order valence-electron chi connectivity index (χ2n) is 9.23. The van der Waals surface area contributed by atoms with Crippen LogP contribution < -0.4 is 5.32 Å². The maximum Gasteiger partial charge on any atom is 0.407 e. The summed E-state index contributed by atoms with van der Waals surface area (Å²) < 4.78 is 10.9. The Balaban J connectivity index is 1.16. The molecule has 0 bridgehead atoms. The summed E-state index contributed by atoms with van der Waals surface area (Å²) in [6, 6.07) is 19.2. The molecule has 0 atom stereocenters. The highest BCUT2D eigenvalue weighted by molar-refractivity contribution is 5.84. The van der Waals surface area contributed by atoms with Crippen LogP contribution in [0.4, 0.5) is 4.79 Å². The number of benzene rings is 2. The minimum atomic E-state index is -1.16. The van der Waals surface area contributed by atoms with Crippen LogP contribution in [-0.4, -0.2) is 47.2 Å². The summed E-state index contributed by atoms with van der Waals surface area (Å²) in [6.07, 6.45) is 0.999. The molecule has 3 aromatic rings. The number of nitrogens with one attached hydrogen (secondary N) is 1. The summed E-state index contributed by atoms with van der Waals surface area (Å²) in [5.41, 5.74) is 4.00. The maximum absolute atomic E-state index is 12.7. The molecule has 2 N–H and O–H groups in total. The van der Waals surface area contributed by atoms with Gasteiger partial charge < -0.3 is 24.5 Å². The maximum atomic E-state index is 12.7. The third-order valence-corrected chi connectivity index (χ3v) is 6.75. The normalized spacial score (nSPS) is 15.1. The van der Waals surface area contributed by atoms with E-state index in [0.29, 0.717) is 18.6 Å². The standard InChI is InChI=1S/C27H26N2O6/c1-29(15-17-10-11-23(35-17)25(31)32)24(30)14-27(12-13-27)28-26(33)34-16-22-20-8-4-2-6-18(20)19-7-3-5-9-21(19)22/h2-11,22H,12-16H2,1H3,(H,28,33)(H,31,32). The third kappa shape index (κ3) is 4.64. The van der Waals surface area contributed by atoms with Crippen molar-refractivity contribution in [3.05, 3.63) is 83.3 Å². The van der Waals surface area contributed by atoms with Crippen molar-refractivity contribution in [3.8, 4) is 11.1 Å². The molecule has 0 unspecified atom stereocenters. The molecular formula is C27H26N2O6. The monoisotopic (exact) mass is 474 g/mol. The molecule has 1 fully saturated rings. The molecule has 0 aliphatic heterocycles. The van der Waals surface area contributed by atoms with Crippen LogP contribution >= 0.6 is 0 Å². The van der Waals surface area contributed by atoms with Gasteiger partial charge in [0.25, 0.3) is 0 Å². The van der Waals surface area contributed by atoms with Gasteiger partial charge >= 0.3 is 12.1 Å². The Morgan fingerprint density at radius 1 is 1.03 bits per heavy atom. The highest BCUT2D eigenvalue weighted by Gasteiger charge is 2.47. The van der Waals surface area contributed by atoms with Gasteiger partial charge in [-0.1, -0.05) is 48.5 Å². The van der Waals surface area contributed by atoms with Crippen molar-refractivity contribution in [2.75, 3.05) is 13.7 Å². The minimum absolute atomic E-state index is 0.0277. The third-order valence-electron chi connectivity index (χ3n) is 6.75. The number of carbonyl (C=O) groups excluding carboxylic acids is 2. The molecule has 0 saturated heterocycles. The van der Waals surface area contributed by atoms with Crippen LogP contribution in [-0.2, 0) is 16.1 Å². The van der Waals surface area contributed by atoms with E-state index in [1.807, 2.05) is 24.3 Å². The van der Waals surface area contributed by atoms with E-state index in [-0.39, 0.29) is 37.2 Å². The number of hydrogen-bond acceptors (Lipinski definition) is 5. The molecule has 5 rings (SSSR count). The van der Waals surface area contributed by atoms with Crippen LogP contribution in [0.15, 0.2) is 65.1 Å². The number of rotatable bonds is 8. The second kappa shape index (κ2) is 8.94. The van der Waals surface area contributed by atoms with Crippen molar-refractivity contribution >= 4 is 18.0 Å². The lowest BCUT2D eigenvalue weighted by Crippen LogP contribution is -2.42. The Kier molecular flexibility index (Phi) is 5.80. The van der Waals surface area contributed by atoms with E-state index in [0.717, 1.165) is 22.3 Å². The van der Waals surface area contributed by atoms with E-state index >= 15 is 0 Å². The molecule has 8 nitrogen and oxygen atoms in total. The molecule has 180 valence electrons. The summed E-state index contributed by atoms with van der Waals surface area (Å²) in [5, 5.41) is 11.9. The average molecular weight is 475 g/mol. The number of carbonyl (C=O) groups is 3. The van der Waals surface area contributed by atoms with Gasteiger partial charge in [0.05, 0.1) is 18.5 Å². The summed E-state index contributed by atoms with van der Waals surface area (Å²) in [5.74, 6) is -1.15.